The van der Waals surface area contributed by atoms with Crippen LogP contribution in [0.1, 0.15) is 17.2 Å². The molecule has 0 radical (unpaired) electrons. The number of ether oxygens (including phenoxy) is 1. The summed E-state index contributed by atoms with van der Waals surface area (Å²) < 4.78 is 18.5. The van der Waals surface area contributed by atoms with Crippen molar-refractivity contribution in [3.63, 3.8) is 0 Å². The summed E-state index contributed by atoms with van der Waals surface area (Å²) in [5.41, 5.74) is 1.74. The second-order valence-electron chi connectivity index (χ2n) is 5.49. The molecular formula is C19H18FN3O2. The summed E-state index contributed by atoms with van der Waals surface area (Å²) >= 11 is 0. The Balaban J connectivity index is 1.47. The molecule has 6 heteroatoms. The van der Waals surface area contributed by atoms with Crippen molar-refractivity contribution in [2.75, 3.05) is 6.54 Å². The van der Waals surface area contributed by atoms with E-state index in [1.807, 2.05) is 24.3 Å². The van der Waals surface area contributed by atoms with E-state index in [0.29, 0.717) is 30.3 Å². The molecule has 1 atom stereocenters. The summed E-state index contributed by atoms with van der Waals surface area (Å²) in [6, 6.07) is 13.4. The van der Waals surface area contributed by atoms with E-state index < -0.39 is 6.10 Å². The van der Waals surface area contributed by atoms with Gasteiger partial charge in [0, 0.05) is 25.5 Å². The Labute approximate surface area is 145 Å². The summed E-state index contributed by atoms with van der Waals surface area (Å²) in [7, 11) is 0. The number of aliphatic hydroxyl groups is 1. The fourth-order valence-corrected chi connectivity index (χ4v) is 2.29. The van der Waals surface area contributed by atoms with Crippen LogP contribution in [-0.4, -0.2) is 21.6 Å². The van der Waals surface area contributed by atoms with Gasteiger partial charge < -0.3 is 15.2 Å². The van der Waals surface area contributed by atoms with Crippen LogP contribution in [0.25, 0.3) is 0 Å². The molecule has 0 aliphatic rings. The maximum atomic E-state index is 12.9. The lowest BCUT2D eigenvalue weighted by molar-refractivity contribution is 0.174. The molecule has 1 aromatic heterocycles. The lowest BCUT2D eigenvalue weighted by Gasteiger charge is -2.12. The first-order valence-electron chi connectivity index (χ1n) is 7.88. The van der Waals surface area contributed by atoms with Gasteiger partial charge in [0.05, 0.1) is 12.3 Å². The third-order valence-corrected chi connectivity index (χ3v) is 3.61. The van der Waals surface area contributed by atoms with Crippen molar-refractivity contribution < 1.29 is 14.2 Å². The smallest absolute Gasteiger partial charge is 0.237 e. The normalized spacial score (nSPS) is 11.9. The first-order valence-corrected chi connectivity index (χ1v) is 7.88. The van der Waals surface area contributed by atoms with Gasteiger partial charge >= 0.3 is 0 Å². The molecule has 0 amide bonds. The van der Waals surface area contributed by atoms with Crippen molar-refractivity contribution >= 4 is 0 Å². The molecular weight excluding hydrogens is 321 g/mol. The topological polar surface area (TPSA) is 67.3 Å². The van der Waals surface area contributed by atoms with Gasteiger partial charge in [0.2, 0.25) is 5.88 Å². The van der Waals surface area contributed by atoms with E-state index in [2.05, 4.69) is 15.3 Å². The van der Waals surface area contributed by atoms with Gasteiger partial charge in [0.25, 0.3) is 0 Å². The Kier molecular flexibility index (Phi) is 5.66. The molecule has 3 rings (SSSR count). The third kappa shape index (κ3) is 5.07. The Morgan fingerprint density at radius 2 is 1.80 bits per heavy atom. The second kappa shape index (κ2) is 8.32. The molecule has 0 saturated carbocycles. The SMILES string of the molecule is OC(CNCc1ccc(Oc2cnccn2)cc1)c1ccc(F)cc1. The predicted molar refractivity (Wildman–Crippen MR) is 91.6 cm³/mol. The van der Waals surface area contributed by atoms with Crippen LogP contribution < -0.4 is 10.1 Å². The minimum Gasteiger partial charge on any atom is -0.438 e. The summed E-state index contributed by atoms with van der Waals surface area (Å²) in [5.74, 6) is 0.805. The molecule has 25 heavy (non-hydrogen) atoms. The molecule has 0 aliphatic carbocycles. The average molecular weight is 339 g/mol. The predicted octanol–water partition coefficient (Wildman–Crippen LogP) is 3.23. The van der Waals surface area contributed by atoms with Gasteiger partial charge in [0.15, 0.2) is 0 Å². The Morgan fingerprint density at radius 1 is 1.04 bits per heavy atom. The minimum atomic E-state index is -0.681. The molecule has 5 nitrogen and oxygen atoms in total. The molecule has 0 fully saturated rings. The standard InChI is InChI=1S/C19H18FN3O2/c20-16-5-3-15(4-6-16)18(24)12-22-11-14-1-7-17(8-2-14)25-19-13-21-9-10-23-19/h1-10,13,18,22,24H,11-12H2. The summed E-state index contributed by atoms with van der Waals surface area (Å²) in [6.07, 6.45) is 4.02. The van der Waals surface area contributed by atoms with Crippen LogP contribution in [0, 0.1) is 5.82 Å². The van der Waals surface area contributed by atoms with Crippen LogP contribution in [0.15, 0.2) is 67.1 Å². The number of nitrogens with zero attached hydrogens (tertiary/aromatic N) is 2. The monoisotopic (exact) mass is 339 g/mol. The molecule has 1 unspecified atom stereocenters. The van der Waals surface area contributed by atoms with Crippen LogP contribution in [0.5, 0.6) is 11.6 Å². The number of rotatable bonds is 7. The van der Waals surface area contributed by atoms with Crippen molar-refractivity contribution in [1.82, 2.24) is 15.3 Å². The molecule has 0 aliphatic heterocycles. The Hall–Kier alpha value is -2.83. The maximum Gasteiger partial charge on any atom is 0.237 e. The molecule has 128 valence electrons. The minimum absolute atomic E-state index is 0.312. The lowest BCUT2D eigenvalue weighted by atomic mass is 10.1. The first-order chi connectivity index (χ1) is 12.2. The van der Waals surface area contributed by atoms with Crippen LogP contribution >= 0.6 is 0 Å². The van der Waals surface area contributed by atoms with Gasteiger partial charge in [-0.25, -0.2) is 9.37 Å². The van der Waals surface area contributed by atoms with Crippen molar-refractivity contribution in [3.05, 3.63) is 84.1 Å². The van der Waals surface area contributed by atoms with Crippen LogP contribution in [-0.2, 0) is 6.54 Å². The van der Waals surface area contributed by atoms with E-state index in [1.54, 1.807) is 30.7 Å². The van der Waals surface area contributed by atoms with E-state index in [1.165, 1.54) is 12.1 Å². The van der Waals surface area contributed by atoms with E-state index in [9.17, 15) is 9.50 Å². The van der Waals surface area contributed by atoms with Gasteiger partial charge in [-0.1, -0.05) is 24.3 Å². The van der Waals surface area contributed by atoms with Crippen molar-refractivity contribution in [3.8, 4) is 11.6 Å². The van der Waals surface area contributed by atoms with E-state index in [-0.39, 0.29) is 5.82 Å². The summed E-state index contributed by atoms with van der Waals surface area (Å²) in [5, 5.41) is 13.3. The van der Waals surface area contributed by atoms with Crippen molar-refractivity contribution in [1.29, 1.82) is 0 Å². The van der Waals surface area contributed by atoms with Crippen LogP contribution in [0.3, 0.4) is 0 Å². The molecule has 0 saturated heterocycles. The summed E-state index contributed by atoms with van der Waals surface area (Å²) in [6.45, 7) is 0.979. The molecule has 3 aromatic rings. The van der Waals surface area contributed by atoms with Crippen molar-refractivity contribution in [2.45, 2.75) is 12.6 Å². The zero-order valence-corrected chi connectivity index (χ0v) is 13.5. The highest BCUT2D eigenvalue weighted by atomic mass is 19.1. The van der Waals surface area contributed by atoms with E-state index in [4.69, 9.17) is 4.74 Å². The fourth-order valence-electron chi connectivity index (χ4n) is 2.29. The number of halogens is 1. The molecule has 0 bridgehead atoms. The van der Waals surface area contributed by atoms with Crippen molar-refractivity contribution in [2.24, 2.45) is 0 Å². The molecule has 2 N–H and O–H groups in total. The van der Waals surface area contributed by atoms with Crippen LogP contribution in [0.2, 0.25) is 0 Å². The largest absolute Gasteiger partial charge is 0.438 e. The van der Waals surface area contributed by atoms with Crippen LogP contribution in [0.4, 0.5) is 4.39 Å². The Morgan fingerprint density at radius 3 is 2.48 bits per heavy atom. The average Bonchev–Trinajstić information content (AvgIpc) is 2.64. The van der Waals surface area contributed by atoms with E-state index >= 15 is 0 Å². The highest BCUT2D eigenvalue weighted by molar-refractivity contribution is 5.29. The zero-order valence-electron chi connectivity index (χ0n) is 13.5. The lowest BCUT2D eigenvalue weighted by Crippen LogP contribution is -2.21. The van der Waals surface area contributed by atoms with E-state index in [0.717, 1.165) is 5.56 Å². The number of benzene rings is 2. The quantitative estimate of drug-likeness (QED) is 0.692. The van der Waals surface area contributed by atoms with Gasteiger partial charge in [-0.15, -0.1) is 0 Å². The van der Waals surface area contributed by atoms with Gasteiger partial charge in [0.1, 0.15) is 11.6 Å². The second-order valence-corrected chi connectivity index (χ2v) is 5.49. The molecule has 2 aromatic carbocycles. The number of aromatic nitrogens is 2. The fraction of sp³-hybridized carbons (Fsp3) is 0.158. The van der Waals surface area contributed by atoms with Gasteiger partial charge in [-0.3, -0.25) is 4.98 Å². The molecule has 1 heterocycles. The van der Waals surface area contributed by atoms with Gasteiger partial charge in [-0.2, -0.15) is 0 Å². The first kappa shape index (κ1) is 17.0. The highest BCUT2D eigenvalue weighted by Gasteiger charge is 2.07. The Bertz CT molecular complexity index is 780. The van der Waals surface area contributed by atoms with Gasteiger partial charge in [-0.05, 0) is 35.4 Å². The molecule has 0 spiro atoms. The number of hydrogen-bond donors (Lipinski definition) is 2. The number of aliphatic hydroxyl groups excluding tert-OH is 1. The zero-order chi connectivity index (χ0) is 17.5. The number of nitrogens with one attached hydrogen (secondary N) is 1. The summed E-state index contributed by atoms with van der Waals surface area (Å²) in [4.78, 5) is 7.99. The number of hydrogen-bond acceptors (Lipinski definition) is 5. The highest BCUT2D eigenvalue weighted by Crippen LogP contribution is 2.19. The maximum absolute atomic E-state index is 12.9. The third-order valence-electron chi connectivity index (χ3n) is 3.61.